The van der Waals surface area contributed by atoms with Crippen molar-refractivity contribution in [2.24, 2.45) is 11.7 Å². The van der Waals surface area contributed by atoms with Gasteiger partial charge in [0.2, 0.25) is 5.91 Å². The van der Waals surface area contributed by atoms with Crippen LogP contribution in [0.2, 0.25) is 0 Å². The number of nitrogens with two attached hydrogens (primary N) is 1. The second kappa shape index (κ2) is 10.1. The molecule has 1 atom stereocenters. The lowest BCUT2D eigenvalue weighted by Gasteiger charge is -2.37. The van der Waals surface area contributed by atoms with Gasteiger partial charge >= 0.3 is 0 Å². The van der Waals surface area contributed by atoms with Crippen molar-refractivity contribution in [1.82, 2.24) is 4.90 Å². The smallest absolute Gasteiger partial charge is 0.232 e. The molecule has 2 aliphatic rings. The number of rotatable bonds is 7. The number of carbonyl (C=O) groups excluding carboxylic acids is 1. The molecule has 2 aliphatic heterocycles. The molecule has 4 nitrogen and oxygen atoms in total. The predicted octanol–water partition coefficient (Wildman–Crippen LogP) is 4.54. The number of hydrogen-bond donors (Lipinski definition) is 1. The molecule has 0 bridgehead atoms. The van der Waals surface area contributed by atoms with Crippen LogP contribution in [0.15, 0.2) is 78.9 Å². The van der Waals surface area contributed by atoms with Crippen molar-refractivity contribution >= 4 is 22.9 Å². The molecule has 0 aromatic heterocycles. The highest BCUT2D eigenvalue weighted by Gasteiger charge is 2.49. The fraction of sp³-hybridized carbons (Fsp3) is 0.321. The first kappa shape index (κ1) is 18.8. The van der Waals surface area contributed by atoms with Crippen LogP contribution < -0.4 is 10.5 Å². The van der Waals surface area contributed by atoms with Gasteiger partial charge < -0.3 is 15.4 Å². The second-order valence-corrected chi connectivity index (χ2v) is 8.49. The zero-order chi connectivity index (χ0) is 25.6. The zero-order valence-electron chi connectivity index (χ0n) is 22.4. The number of amides is 1. The van der Waals surface area contributed by atoms with Crippen LogP contribution in [0, 0.1) is 5.92 Å². The van der Waals surface area contributed by atoms with E-state index in [4.69, 9.17) is 16.0 Å². The van der Waals surface area contributed by atoms with Crippen molar-refractivity contribution in [3.05, 3.63) is 101 Å². The molecule has 0 unspecified atom stereocenters. The molecule has 3 aromatic rings. The molecule has 0 saturated carbocycles. The van der Waals surface area contributed by atoms with Crippen LogP contribution in [0.25, 0.3) is 0 Å². The predicted molar refractivity (Wildman–Crippen MR) is 137 cm³/mol. The highest BCUT2D eigenvalue weighted by molar-refractivity contribution is 8.93. The van der Waals surface area contributed by atoms with Gasteiger partial charge in [-0.15, -0.1) is 17.0 Å². The third-order valence-corrected chi connectivity index (χ3v) is 6.70. The summed E-state index contributed by atoms with van der Waals surface area (Å²) in [6, 6.07) is 23.9. The Labute approximate surface area is 212 Å². The molecule has 2 N–H and O–H groups in total. The van der Waals surface area contributed by atoms with Crippen LogP contribution >= 0.6 is 17.0 Å². The number of hydrogen-bond acceptors (Lipinski definition) is 3. The van der Waals surface area contributed by atoms with E-state index in [1.165, 1.54) is 4.90 Å². The maximum atomic E-state index is 13.3. The summed E-state index contributed by atoms with van der Waals surface area (Å²) in [4.78, 5) is 14.8. The van der Waals surface area contributed by atoms with Crippen LogP contribution in [0.1, 0.15) is 34.2 Å². The van der Waals surface area contributed by atoms with Gasteiger partial charge in [0, 0.05) is 24.9 Å². The molecule has 1 amide bonds. The molecule has 3 aromatic carbocycles. The summed E-state index contributed by atoms with van der Waals surface area (Å²) in [7, 11) is 0. The van der Waals surface area contributed by atoms with Gasteiger partial charge in [-0.05, 0) is 53.6 Å². The average Bonchev–Trinajstić information content (AvgIpc) is 3.56. The Bertz CT molecular complexity index is 1220. The van der Waals surface area contributed by atoms with Gasteiger partial charge in [-0.3, -0.25) is 4.79 Å². The summed E-state index contributed by atoms with van der Waals surface area (Å²) in [5.41, 5.74) is 7.70. The van der Waals surface area contributed by atoms with E-state index >= 15 is 0 Å². The van der Waals surface area contributed by atoms with Crippen LogP contribution in [0.3, 0.4) is 0 Å². The molecular formula is C28H31BrN2O2. The lowest BCUT2D eigenvalue weighted by Crippen LogP contribution is -2.49. The summed E-state index contributed by atoms with van der Waals surface area (Å²) in [6.07, 6.45) is -1.10. The van der Waals surface area contributed by atoms with Crippen molar-refractivity contribution in [3.8, 4) is 5.75 Å². The van der Waals surface area contributed by atoms with Gasteiger partial charge in [-0.25, -0.2) is 0 Å². The van der Waals surface area contributed by atoms with E-state index in [0.717, 1.165) is 22.4 Å². The van der Waals surface area contributed by atoms with Crippen molar-refractivity contribution < 1.29 is 15.0 Å². The van der Waals surface area contributed by atoms with Gasteiger partial charge in [-0.1, -0.05) is 72.8 Å². The number of carbonyl (C=O) groups is 1. The van der Waals surface area contributed by atoms with E-state index in [0.29, 0.717) is 26.0 Å². The molecule has 0 spiro atoms. The Morgan fingerprint density at radius 3 is 2.36 bits per heavy atom. The number of benzene rings is 3. The van der Waals surface area contributed by atoms with Gasteiger partial charge in [-0.2, -0.15) is 0 Å². The normalized spacial score (nSPS) is 20.4. The number of likely N-dealkylation sites (tertiary alicyclic amines) is 1. The van der Waals surface area contributed by atoms with E-state index in [2.05, 4.69) is 0 Å². The van der Waals surface area contributed by atoms with E-state index in [1.54, 1.807) is 18.2 Å². The maximum Gasteiger partial charge on any atom is 0.232 e. The van der Waals surface area contributed by atoms with E-state index in [-0.39, 0.29) is 35.0 Å². The quantitative estimate of drug-likeness (QED) is 0.507. The molecule has 1 saturated heterocycles. The molecular weight excluding hydrogens is 476 g/mol. The number of halogens is 1. The molecule has 5 rings (SSSR count). The minimum absolute atomic E-state index is 0. The summed E-state index contributed by atoms with van der Waals surface area (Å²) in [5.74, 6) is -0.0960. The number of ether oxygens (including phenoxy) is 1. The van der Waals surface area contributed by atoms with Crippen LogP contribution in [0.5, 0.6) is 5.75 Å². The number of nitrogens with zero attached hydrogens (tertiary/aromatic N) is 1. The van der Waals surface area contributed by atoms with Crippen LogP contribution in [0.4, 0.5) is 0 Å². The Balaban J connectivity index is 0.00000320. The Kier molecular flexibility index (Phi) is 5.74. The zero-order valence-corrected chi connectivity index (χ0v) is 20.1. The number of aryl methyl sites for hydroxylation is 1. The number of fused-ring (bicyclic) bond motifs is 1. The first-order chi connectivity index (χ1) is 17.2. The van der Waals surface area contributed by atoms with Gasteiger partial charge in [0.05, 0.1) is 6.61 Å². The van der Waals surface area contributed by atoms with E-state index < -0.39 is 24.2 Å². The van der Waals surface area contributed by atoms with E-state index in [1.807, 2.05) is 60.7 Å². The molecule has 172 valence electrons. The SMILES string of the molecule is Br.[2H]C([2H])(c1ccc2c(c1)CCO2)C([2H])([2H])N1CC[C@H](C(C(N)=O)(c2ccccc2)c2ccccc2)C1. The minimum atomic E-state index is -2.31. The highest BCUT2D eigenvalue weighted by Crippen LogP contribution is 2.43. The second-order valence-electron chi connectivity index (χ2n) is 8.49. The monoisotopic (exact) mass is 510 g/mol. The first-order valence-corrected chi connectivity index (χ1v) is 11.1. The summed E-state index contributed by atoms with van der Waals surface area (Å²) in [6.45, 7) is -1.27. The van der Waals surface area contributed by atoms with Crippen molar-refractivity contribution in [3.63, 3.8) is 0 Å². The lowest BCUT2D eigenvalue weighted by molar-refractivity contribution is -0.123. The molecule has 2 heterocycles. The topological polar surface area (TPSA) is 55.6 Å². The first-order valence-electron chi connectivity index (χ1n) is 13.1. The summed E-state index contributed by atoms with van der Waals surface area (Å²) < 4.78 is 41.1. The van der Waals surface area contributed by atoms with Crippen LogP contribution in [-0.4, -0.2) is 37.0 Å². The maximum absolute atomic E-state index is 13.3. The van der Waals surface area contributed by atoms with Crippen LogP contribution in [-0.2, 0) is 23.0 Å². The average molecular weight is 511 g/mol. The van der Waals surface area contributed by atoms with Gasteiger partial charge in [0.25, 0.3) is 0 Å². The Morgan fingerprint density at radius 1 is 1.06 bits per heavy atom. The van der Waals surface area contributed by atoms with Crippen molar-refractivity contribution in [1.29, 1.82) is 0 Å². The van der Waals surface area contributed by atoms with Crippen molar-refractivity contribution in [2.75, 3.05) is 26.2 Å². The standard InChI is InChI=1S/C28H30N2O2.BrH/c29-27(31)28(23-7-3-1-4-8-23,24-9-5-2-6-10-24)25-14-17-30(20-25)16-13-21-11-12-26-22(19-21)15-18-32-26;/h1-12,19,25H,13-18,20H2,(H2,29,31);1H/t25-;/m0./s1/i13D2,16D2;. The Hall–Kier alpha value is -2.63. The summed E-state index contributed by atoms with van der Waals surface area (Å²) >= 11 is 0. The molecule has 33 heavy (non-hydrogen) atoms. The minimum Gasteiger partial charge on any atom is -0.493 e. The fourth-order valence-electron chi connectivity index (χ4n) is 5.15. The Morgan fingerprint density at radius 2 is 1.73 bits per heavy atom. The largest absolute Gasteiger partial charge is 0.493 e. The molecule has 1 fully saturated rings. The third-order valence-electron chi connectivity index (χ3n) is 6.70. The van der Waals surface area contributed by atoms with Crippen molar-refractivity contribution in [2.45, 2.75) is 24.6 Å². The summed E-state index contributed by atoms with van der Waals surface area (Å²) in [5, 5.41) is 0. The molecule has 0 radical (unpaired) electrons. The highest BCUT2D eigenvalue weighted by atomic mass is 79.9. The van der Waals surface area contributed by atoms with E-state index in [9.17, 15) is 4.79 Å². The molecule has 0 aliphatic carbocycles. The third kappa shape index (κ3) is 4.44. The number of primary amides is 1. The van der Waals surface area contributed by atoms with Gasteiger partial charge in [0.15, 0.2) is 0 Å². The fourth-order valence-corrected chi connectivity index (χ4v) is 5.15. The molecule has 5 heteroatoms. The lowest BCUT2D eigenvalue weighted by atomic mass is 9.64. The van der Waals surface area contributed by atoms with Gasteiger partial charge in [0.1, 0.15) is 11.2 Å².